The van der Waals surface area contributed by atoms with Gasteiger partial charge >= 0.3 is 12.1 Å². The minimum atomic E-state index is -4.56. The molecule has 1 aromatic carbocycles. The zero-order valence-corrected chi connectivity index (χ0v) is 11.1. The number of piperidine rings is 1. The maximum absolute atomic E-state index is 13.2. The number of alkyl halides is 3. The van der Waals surface area contributed by atoms with Gasteiger partial charge in [0.15, 0.2) is 0 Å². The van der Waals surface area contributed by atoms with Crippen LogP contribution in [0.5, 0.6) is 0 Å². The summed E-state index contributed by atoms with van der Waals surface area (Å²) in [5, 5.41) is 9.18. The molecule has 0 spiro atoms. The molecule has 0 saturated carbocycles. The van der Waals surface area contributed by atoms with Crippen molar-refractivity contribution in [1.82, 2.24) is 0 Å². The Morgan fingerprint density at radius 1 is 1.35 bits per heavy atom. The Bertz CT molecular complexity index is 514. The Kier molecular flexibility index (Phi) is 3.92. The van der Waals surface area contributed by atoms with Gasteiger partial charge in [0.1, 0.15) is 0 Å². The van der Waals surface area contributed by atoms with E-state index in [4.69, 9.17) is 0 Å². The first-order chi connectivity index (χ1) is 9.32. The van der Waals surface area contributed by atoms with Crippen LogP contribution in [0.25, 0.3) is 0 Å². The van der Waals surface area contributed by atoms with E-state index in [1.165, 1.54) is 6.07 Å². The molecule has 1 atom stereocenters. The highest BCUT2D eigenvalue weighted by atomic mass is 19.4. The van der Waals surface area contributed by atoms with E-state index in [2.05, 4.69) is 0 Å². The Morgan fingerprint density at radius 3 is 2.60 bits per heavy atom. The zero-order valence-electron chi connectivity index (χ0n) is 11.1. The van der Waals surface area contributed by atoms with Crippen molar-refractivity contribution in [2.45, 2.75) is 38.4 Å². The lowest BCUT2D eigenvalue weighted by atomic mass is 9.98. The molecule has 1 aromatic rings. The fourth-order valence-corrected chi connectivity index (χ4v) is 2.68. The van der Waals surface area contributed by atoms with Gasteiger partial charge in [0.25, 0.3) is 0 Å². The highest BCUT2D eigenvalue weighted by Gasteiger charge is 2.38. The topological polar surface area (TPSA) is 40.5 Å². The molecule has 6 heteroatoms. The molecule has 1 N–H and O–H groups in total. The molecule has 0 aliphatic carbocycles. The van der Waals surface area contributed by atoms with Crippen molar-refractivity contribution in [3.05, 3.63) is 29.3 Å². The van der Waals surface area contributed by atoms with Crippen molar-refractivity contribution < 1.29 is 23.1 Å². The maximum Gasteiger partial charge on any atom is 0.418 e. The number of carboxylic acids is 1. The van der Waals surface area contributed by atoms with Gasteiger partial charge in [0, 0.05) is 12.6 Å². The van der Waals surface area contributed by atoms with Crippen molar-refractivity contribution in [3.63, 3.8) is 0 Å². The third kappa shape index (κ3) is 2.73. The van der Waals surface area contributed by atoms with Crippen LogP contribution in [0.4, 0.5) is 18.9 Å². The highest BCUT2D eigenvalue weighted by molar-refractivity contribution is 5.95. The second-order valence-electron chi connectivity index (χ2n) is 5.04. The zero-order chi connectivity index (χ0) is 14.9. The molecule has 1 heterocycles. The van der Waals surface area contributed by atoms with Gasteiger partial charge in [-0.15, -0.1) is 0 Å². The summed E-state index contributed by atoms with van der Waals surface area (Å²) in [7, 11) is 0. The van der Waals surface area contributed by atoms with Crippen LogP contribution in [0.15, 0.2) is 18.2 Å². The van der Waals surface area contributed by atoms with Gasteiger partial charge in [-0.1, -0.05) is 6.07 Å². The molecule has 0 radical (unpaired) electrons. The lowest BCUT2D eigenvalue weighted by Gasteiger charge is -2.37. The fraction of sp³-hybridized carbons (Fsp3) is 0.500. The number of anilines is 1. The molecule has 1 aliphatic heterocycles. The minimum Gasteiger partial charge on any atom is -0.478 e. The van der Waals surface area contributed by atoms with Crippen LogP contribution >= 0.6 is 0 Å². The summed E-state index contributed by atoms with van der Waals surface area (Å²) in [6.45, 7) is 2.28. The monoisotopic (exact) mass is 287 g/mol. The SMILES string of the molecule is CC1CCCCN1c1c(C(=O)O)cccc1C(F)(F)F. The van der Waals surface area contributed by atoms with E-state index in [0.717, 1.165) is 31.4 Å². The van der Waals surface area contributed by atoms with E-state index in [0.29, 0.717) is 6.54 Å². The average molecular weight is 287 g/mol. The number of benzene rings is 1. The van der Waals surface area contributed by atoms with Gasteiger partial charge in [-0.25, -0.2) is 4.79 Å². The first-order valence-electron chi connectivity index (χ1n) is 6.52. The Hall–Kier alpha value is -1.72. The van der Waals surface area contributed by atoms with E-state index in [9.17, 15) is 23.1 Å². The number of nitrogens with zero attached hydrogens (tertiary/aromatic N) is 1. The summed E-state index contributed by atoms with van der Waals surface area (Å²) >= 11 is 0. The van der Waals surface area contributed by atoms with E-state index < -0.39 is 17.7 Å². The molecular weight excluding hydrogens is 271 g/mol. The largest absolute Gasteiger partial charge is 0.478 e. The summed E-state index contributed by atoms with van der Waals surface area (Å²) < 4.78 is 39.5. The van der Waals surface area contributed by atoms with Gasteiger partial charge in [-0.3, -0.25) is 0 Å². The second kappa shape index (κ2) is 5.34. The normalized spacial score (nSPS) is 20.0. The smallest absolute Gasteiger partial charge is 0.418 e. The highest BCUT2D eigenvalue weighted by Crippen LogP contribution is 2.40. The van der Waals surface area contributed by atoms with Crippen LogP contribution in [0.1, 0.15) is 42.1 Å². The summed E-state index contributed by atoms with van der Waals surface area (Å²) in [4.78, 5) is 12.8. The molecule has 1 saturated heterocycles. The van der Waals surface area contributed by atoms with E-state index in [1.807, 2.05) is 6.92 Å². The Balaban J connectivity index is 2.60. The Morgan fingerprint density at radius 2 is 2.05 bits per heavy atom. The molecule has 1 aliphatic rings. The number of carbonyl (C=O) groups is 1. The van der Waals surface area contributed by atoms with Crippen LogP contribution in [0.2, 0.25) is 0 Å². The number of aromatic carboxylic acids is 1. The van der Waals surface area contributed by atoms with Crippen LogP contribution in [0, 0.1) is 0 Å². The number of hydrogen-bond donors (Lipinski definition) is 1. The number of rotatable bonds is 2. The lowest BCUT2D eigenvalue weighted by molar-refractivity contribution is -0.137. The van der Waals surface area contributed by atoms with Crippen molar-refractivity contribution in [2.24, 2.45) is 0 Å². The maximum atomic E-state index is 13.2. The molecule has 2 rings (SSSR count). The third-order valence-corrected chi connectivity index (χ3v) is 3.66. The van der Waals surface area contributed by atoms with Crippen molar-refractivity contribution in [1.29, 1.82) is 0 Å². The number of carboxylic acid groups (broad SMARTS) is 1. The predicted octanol–water partition coefficient (Wildman–Crippen LogP) is 3.78. The summed E-state index contributed by atoms with van der Waals surface area (Å²) in [5.41, 5.74) is -1.35. The van der Waals surface area contributed by atoms with E-state index >= 15 is 0 Å². The van der Waals surface area contributed by atoms with Crippen LogP contribution in [-0.2, 0) is 6.18 Å². The first kappa shape index (κ1) is 14.7. The molecule has 0 amide bonds. The number of hydrogen-bond acceptors (Lipinski definition) is 2. The van der Waals surface area contributed by atoms with Crippen LogP contribution in [-0.4, -0.2) is 23.7 Å². The molecule has 0 aromatic heterocycles. The molecule has 110 valence electrons. The molecule has 20 heavy (non-hydrogen) atoms. The first-order valence-corrected chi connectivity index (χ1v) is 6.52. The molecular formula is C14H16F3NO2. The van der Waals surface area contributed by atoms with Crippen molar-refractivity contribution >= 4 is 11.7 Å². The van der Waals surface area contributed by atoms with Crippen LogP contribution < -0.4 is 4.90 Å². The van der Waals surface area contributed by atoms with Crippen molar-refractivity contribution in [3.8, 4) is 0 Å². The van der Waals surface area contributed by atoms with Gasteiger partial charge in [0.2, 0.25) is 0 Å². The van der Waals surface area contributed by atoms with Gasteiger partial charge in [0.05, 0.1) is 16.8 Å². The molecule has 1 unspecified atom stereocenters. The average Bonchev–Trinajstić information content (AvgIpc) is 2.37. The van der Waals surface area contributed by atoms with Gasteiger partial charge in [-0.2, -0.15) is 13.2 Å². The second-order valence-corrected chi connectivity index (χ2v) is 5.04. The standard InChI is InChI=1S/C14H16F3NO2/c1-9-5-2-3-8-18(9)12-10(13(19)20)6-4-7-11(12)14(15,16)17/h4,6-7,9H,2-3,5,8H2,1H3,(H,19,20). The molecule has 1 fully saturated rings. The quantitative estimate of drug-likeness (QED) is 0.899. The lowest BCUT2D eigenvalue weighted by Crippen LogP contribution is -2.39. The number of halogens is 3. The number of para-hydroxylation sites is 1. The molecule has 3 nitrogen and oxygen atoms in total. The van der Waals surface area contributed by atoms with E-state index in [1.54, 1.807) is 4.90 Å². The van der Waals surface area contributed by atoms with Crippen molar-refractivity contribution in [2.75, 3.05) is 11.4 Å². The third-order valence-electron chi connectivity index (χ3n) is 3.66. The fourth-order valence-electron chi connectivity index (χ4n) is 2.68. The molecule has 0 bridgehead atoms. The summed E-state index contributed by atoms with van der Waals surface area (Å²) in [6, 6.07) is 3.23. The summed E-state index contributed by atoms with van der Waals surface area (Å²) in [5.74, 6) is -1.33. The minimum absolute atomic E-state index is 0.0923. The Labute approximate surface area is 115 Å². The summed E-state index contributed by atoms with van der Waals surface area (Å²) in [6.07, 6.45) is -2.06. The van der Waals surface area contributed by atoms with Crippen LogP contribution in [0.3, 0.4) is 0 Å². The van der Waals surface area contributed by atoms with Gasteiger partial charge in [-0.05, 0) is 38.3 Å². The van der Waals surface area contributed by atoms with Gasteiger partial charge < -0.3 is 10.0 Å². The predicted molar refractivity (Wildman–Crippen MR) is 69.1 cm³/mol. The van der Waals surface area contributed by atoms with E-state index in [-0.39, 0.29) is 17.3 Å².